The van der Waals surface area contributed by atoms with Gasteiger partial charge in [0, 0.05) is 17.2 Å². The average molecular weight is 266 g/mol. The molecule has 0 bridgehead atoms. The monoisotopic (exact) mass is 266 g/mol. The van der Waals surface area contributed by atoms with E-state index in [1.54, 1.807) is 14.2 Å². The SMILES string of the molecule is COc1ccc(C(CCCN)N(C)C)c(OC)c1C. The molecule has 0 aliphatic rings. The summed E-state index contributed by atoms with van der Waals surface area (Å²) in [4.78, 5) is 2.21. The summed E-state index contributed by atoms with van der Waals surface area (Å²) in [5.41, 5.74) is 7.87. The van der Waals surface area contributed by atoms with Crippen molar-refractivity contribution in [2.75, 3.05) is 34.9 Å². The number of ether oxygens (including phenoxy) is 2. The van der Waals surface area contributed by atoms with Crippen molar-refractivity contribution in [2.24, 2.45) is 5.73 Å². The third-order valence-corrected chi connectivity index (χ3v) is 3.47. The first-order chi connectivity index (χ1) is 9.06. The van der Waals surface area contributed by atoms with E-state index in [0.717, 1.165) is 29.9 Å². The highest BCUT2D eigenvalue weighted by atomic mass is 16.5. The average Bonchev–Trinajstić information content (AvgIpc) is 2.39. The lowest BCUT2D eigenvalue weighted by atomic mass is 9.97. The normalized spacial score (nSPS) is 12.6. The van der Waals surface area contributed by atoms with Crippen LogP contribution in [0, 0.1) is 6.92 Å². The molecule has 0 saturated heterocycles. The van der Waals surface area contributed by atoms with Crippen molar-refractivity contribution < 1.29 is 9.47 Å². The van der Waals surface area contributed by atoms with Crippen molar-refractivity contribution in [3.63, 3.8) is 0 Å². The maximum Gasteiger partial charge on any atom is 0.130 e. The smallest absolute Gasteiger partial charge is 0.130 e. The minimum atomic E-state index is 0.308. The maximum atomic E-state index is 5.63. The molecular formula is C15H26N2O2. The van der Waals surface area contributed by atoms with Crippen LogP contribution in [-0.2, 0) is 0 Å². The van der Waals surface area contributed by atoms with Gasteiger partial charge in [-0.15, -0.1) is 0 Å². The van der Waals surface area contributed by atoms with Gasteiger partial charge in [0.2, 0.25) is 0 Å². The number of rotatable bonds is 7. The number of methoxy groups -OCH3 is 2. The van der Waals surface area contributed by atoms with Crippen LogP contribution in [0.2, 0.25) is 0 Å². The summed E-state index contributed by atoms with van der Waals surface area (Å²) in [5, 5.41) is 0. The molecule has 0 amide bonds. The summed E-state index contributed by atoms with van der Waals surface area (Å²) in [6.45, 7) is 2.73. The fourth-order valence-electron chi connectivity index (χ4n) is 2.45. The van der Waals surface area contributed by atoms with Crippen LogP contribution < -0.4 is 15.2 Å². The Hall–Kier alpha value is -1.26. The Bertz CT molecular complexity index is 405. The van der Waals surface area contributed by atoms with Crippen molar-refractivity contribution in [1.82, 2.24) is 4.90 Å². The van der Waals surface area contributed by atoms with Gasteiger partial charge in [0.1, 0.15) is 11.5 Å². The van der Waals surface area contributed by atoms with E-state index in [1.165, 1.54) is 5.56 Å². The van der Waals surface area contributed by atoms with Crippen molar-refractivity contribution >= 4 is 0 Å². The van der Waals surface area contributed by atoms with Gasteiger partial charge >= 0.3 is 0 Å². The van der Waals surface area contributed by atoms with E-state index in [9.17, 15) is 0 Å². The topological polar surface area (TPSA) is 47.7 Å². The van der Waals surface area contributed by atoms with Crippen molar-refractivity contribution in [1.29, 1.82) is 0 Å². The van der Waals surface area contributed by atoms with E-state index in [2.05, 4.69) is 25.1 Å². The summed E-state index contributed by atoms with van der Waals surface area (Å²) in [6.07, 6.45) is 2.02. The molecule has 0 aliphatic heterocycles. The highest BCUT2D eigenvalue weighted by molar-refractivity contribution is 5.50. The Labute approximate surface area is 116 Å². The molecule has 0 saturated carbocycles. The lowest BCUT2D eigenvalue weighted by Crippen LogP contribution is -2.21. The van der Waals surface area contributed by atoms with E-state index >= 15 is 0 Å². The number of hydrogen-bond acceptors (Lipinski definition) is 4. The van der Waals surface area contributed by atoms with Crippen molar-refractivity contribution in [3.8, 4) is 11.5 Å². The summed E-state index contributed by atoms with van der Waals surface area (Å²) in [7, 11) is 7.56. The van der Waals surface area contributed by atoms with E-state index in [1.807, 2.05) is 13.0 Å². The molecule has 1 atom stereocenters. The van der Waals surface area contributed by atoms with Crippen LogP contribution in [0.5, 0.6) is 11.5 Å². The van der Waals surface area contributed by atoms with Crippen LogP contribution >= 0.6 is 0 Å². The Kier molecular flexibility index (Phi) is 6.12. The summed E-state index contributed by atoms with van der Waals surface area (Å²) in [5.74, 6) is 1.77. The highest BCUT2D eigenvalue weighted by Crippen LogP contribution is 2.37. The van der Waals surface area contributed by atoms with Gasteiger partial charge in [-0.25, -0.2) is 0 Å². The molecule has 0 aliphatic carbocycles. The number of hydrogen-bond donors (Lipinski definition) is 1. The standard InChI is InChI=1S/C15H26N2O2/c1-11-14(18-4)9-8-12(15(11)19-5)13(17(2)3)7-6-10-16/h8-9,13H,6-7,10,16H2,1-5H3. The third-order valence-electron chi connectivity index (χ3n) is 3.47. The predicted molar refractivity (Wildman–Crippen MR) is 79.0 cm³/mol. The second-order valence-corrected chi connectivity index (χ2v) is 4.93. The van der Waals surface area contributed by atoms with Gasteiger partial charge in [0.05, 0.1) is 14.2 Å². The molecule has 0 fully saturated rings. The van der Waals surface area contributed by atoms with E-state index in [0.29, 0.717) is 12.6 Å². The van der Waals surface area contributed by atoms with E-state index < -0.39 is 0 Å². The lowest BCUT2D eigenvalue weighted by molar-refractivity contribution is 0.270. The minimum absolute atomic E-state index is 0.308. The fraction of sp³-hybridized carbons (Fsp3) is 0.600. The molecule has 4 nitrogen and oxygen atoms in total. The van der Waals surface area contributed by atoms with E-state index in [4.69, 9.17) is 15.2 Å². The Balaban J connectivity index is 3.18. The highest BCUT2D eigenvalue weighted by Gasteiger charge is 2.20. The molecule has 2 N–H and O–H groups in total. The molecule has 4 heteroatoms. The van der Waals surface area contributed by atoms with Crippen LogP contribution in [0.3, 0.4) is 0 Å². The van der Waals surface area contributed by atoms with Crippen molar-refractivity contribution in [2.45, 2.75) is 25.8 Å². The largest absolute Gasteiger partial charge is 0.496 e. The van der Waals surface area contributed by atoms with Gasteiger partial charge in [-0.2, -0.15) is 0 Å². The van der Waals surface area contributed by atoms with Crippen LogP contribution in [0.1, 0.15) is 30.0 Å². The van der Waals surface area contributed by atoms with E-state index in [-0.39, 0.29) is 0 Å². The fourth-order valence-corrected chi connectivity index (χ4v) is 2.45. The van der Waals surface area contributed by atoms with Gasteiger partial charge in [0.25, 0.3) is 0 Å². The van der Waals surface area contributed by atoms with Gasteiger partial charge in [0.15, 0.2) is 0 Å². The first-order valence-electron chi connectivity index (χ1n) is 6.64. The van der Waals surface area contributed by atoms with Gasteiger partial charge in [-0.3, -0.25) is 0 Å². The summed E-state index contributed by atoms with van der Waals surface area (Å²) < 4.78 is 10.9. The van der Waals surface area contributed by atoms with Crippen LogP contribution in [-0.4, -0.2) is 39.8 Å². The zero-order valence-electron chi connectivity index (χ0n) is 12.7. The number of benzene rings is 1. The van der Waals surface area contributed by atoms with Gasteiger partial charge in [-0.05, 0) is 46.5 Å². The first kappa shape index (κ1) is 15.8. The quantitative estimate of drug-likeness (QED) is 0.823. The minimum Gasteiger partial charge on any atom is -0.496 e. The molecule has 1 aromatic rings. The Morgan fingerprint density at radius 1 is 1.21 bits per heavy atom. The molecule has 1 rings (SSSR count). The van der Waals surface area contributed by atoms with Crippen LogP contribution in [0.25, 0.3) is 0 Å². The Morgan fingerprint density at radius 2 is 1.89 bits per heavy atom. The summed E-state index contributed by atoms with van der Waals surface area (Å²) >= 11 is 0. The second kappa shape index (κ2) is 7.36. The maximum absolute atomic E-state index is 5.63. The number of nitrogens with two attached hydrogens (primary N) is 1. The molecule has 19 heavy (non-hydrogen) atoms. The zero-order valence-corrected chi connectivity index (χ0v) is 12.7. The zero-order chi connectivity index (χ0) is 14.4. The number of nitrogens with zero attached hydrogens (tertiary/aromatic N) is 1. The molecule has 1 aromatic carbocycles. The molecule has 0 radical (unpaired) electrons. The van der Waals surface area contributed by atoms with Crippen LogP contribution in [0.4, 0.5) is 0 Å². The second-order valence-electron chi connectivity index (χ2n) is 4.93. The third kappa shape index (κ3) is 3.61. The van der Waals surface area contributed by atoms with Crippen molar-refractivity contribution in [3.05, 3.63) is 23.3 Å². The molecular weight excluding hydrogens is 240 g/mol. The molecule has 0 aromatic heterocycles. The summed E-state index contributed by atoms with van der Waals surface area (Å²) in [6, 6.07) is 4.40. The molecule has 108 valence electrons. The van der Waals surface area contributed by atoms with Gasteiger partial charge < -0.3 is 20.1 Å². The van der Waals surface area contributed by atoms with Gasteiger partial charge in [-0.1, -0.05) is 6.07 Å². The first-order valence-corrected chi connectivity index (χ1v) is 6.64. The molecule has 1 unspecified atom stereocenters. The predicted octanol–water partition coefficient (Wildman–Crippen LogP) is 2.35. The van der Waals surface area contributed by atoms with Crippen LogP contribution in [0.15, 0.2) is 12.1 Å². The Morgan fingerprint density at radius 3 is 2.37 bits per heavy atom. The molecule has 0 heterocycles. The molecule has 0 spiro atoms. The lowest BCUT2D eigenvalue weighted by Gasteiger charge is -2.27.